The Balaban J connectivity index is 1.62. The van der Waals surface area contributed by atoms with E-state index in [1.54, 1.807) is 6.07 Å². The van der Waals surface area contributed by atoms with Crippen molar-refractivity contribution in [3.63, 3.8) is 0 Å². The molecule has 1 aliphatic carbocycles. The van der Waals surface area contributed by atoms with E-state index in [9.17, 15) is 4.39 Å². The molecule has 3 unspecified atom stereocenters. The lowest BCUT2D eigenvalue weighted by Gasteiger charge is -2.13. The third-order valence-corrected chi connectivity index (χ3v) is 4.92. The monoisotopic (exact) mass is 307 g/mol. The van der Waals surface area contributed by atoms with Crippen LogP contribution in [0.4, 0.5) is 4.39 Å². The zero-order valence-corrected chi connectivity index (χ0v) is 12.1. The maximum absolute atomic E-state index is 13.2. The summed E-state index contributed by atoms with van der Waals surface area (Å²) in [5.41, 5.74) is 0.664. The van der Waals surface area contributed by atoms with Gasteiger partial charge in [-0.15, -0.1) is 0 Å². The Kier molecular flexibility index (Phi) is 3.19. The van der Waals surface area contributed by atoms with E-state index in [4.69, 9.17) is 16.1 Å². The van der Waals surface area contributed by atoms with Crippen molar-refractivity contribution in [3.8, 4) is 11.4 Å². The van der Waals surface area contributed by atoms with Gasteiger partial charge in [0, 0.05) is 5.56 Å². The molecule has 0 spiro atoms. The summed E-state index contributed by atoms with van der Waals surface area (Å²) in [6, 6.07) is 4.59. The van der Waals surface area contributed by atoms with Crippen molar-refractivity contribution in [2.75, 3.05) is 6.54 Å². The molecule has 1 saturated heterocycles. The first-order valence-corrected chi connectivity index (χ1v) is 7.62. The molecule has 1 aliphatic heterocycles. The van der Waals surface area contributed by atoms with Gasteiger partial charge in [0.05, 0.1) is 11.1 Å². The molecule has 21 heavy (non-hydrogen) atoms. The van der Waals surface area contributed by atoms with Crippen LogP contribution in [0, 0.1) is 17.7 Å². The fourth-order valence-corrected chi connectivity index (χ4v) is 3.75. The molecule has 110 valence electrons. The largest absolute Gasteiger partial charge is 0.337 e. The Labute approximate surface area is 126 Å². The van der Waals surface area contributed by atoms with Gasteiger partial charge >= 0.3 is 0 Å². The van der Waals surface area contributed by atoms with Crippen LogP contribution >= 0.6 is 11.6 Å². The lowest BCUT2D eigenvalue weighted by atomic mass is 9.94. The predicted octanol–water partition coefficient (Wildman–Crippen LogP) is 3.59. The molecule has 2 fully saturated rings. The molecule has 3 atom stereocenters. The number of aromatic nitrogens is 2. The van der Waals surface area contributed by atoms with Crippen LogP contribution < -0.4 is 5.32 Å². The molecular formula is C15H15ClFN3O. The summed E-state index contributed by atoms with van der Waals surface area (Å²) in [4.78, 5) is 4.47. The molecule has 6 heteroatoms. The van der Waals surface area contributed by atoms with E-state index in [1.807, 2.05) is 0 Å². The number of fused-ring (bicyclic) bond motifs is 1. The van der Waals surface area contributed by atoms with Gasteiger partial charge in [0.2, 0.25) is 11.7 Å². The van der Waals surface area contributed by atoms with Crippen LogP contribution in [0.2, 0.25) is 5.02 Å². The Morgan fingerprint density at radius 1 is 1.33 bits per heavy atom. The summed E-state index contributed by atoms with van der Waals surface area (Å²) in [6.45, 7) is 1.02. The van der Waals surface area contributed by atoms with Crippen LogP contribution in [0.1, 0.15) is 31.2 Å². The zero-order chi connectivity index (χ0) is 14.4. The maximum atomic E-state index is 13.2. The van der Waals surface area contributed by atoms with Crippen molar-refractivity contribution in [2.45, 2.75) is 25.3 Å². The van der Waals surface area contributed by atoms with E-state index in [2.05, 4.69) is 15.5 Å². The molecule has 2 heterocycles. The normalized spacial score (nSPS) is 28.0. The number of benzene rings is 1. The second kappa shape index (κ2) is 5.07. The van der Waals surface area contributed by atoms with Gasteiger partial charge in [0.15, 0.2) is 0 Å². The van der Waals surface area contributed by atoms with Crippen LogP contribution in [0.15, 0.2) is 22.7 Å². The van der Waals surface area contributed by atoms with Gasteiger partial charge in [-0.25, -0.2) is 4.39 Å². The molecule has 0 amide bonds. The number of halogens is 2. The van der Waals surface area contributed by atoms with Crippen LogP contribution in [-0.2, 0) is 0 Å². The van der Waals surface area contributed by atoms with E-state index in [0.29, 0.717) is 23.2 Å². The topological polar surface area (TPSA) is 51.0 Å². The fourth-order valence-electron chi connectivity index (χ4n) is 3.57. The van der Waals surface area contributed by atoms with E-state index >= 15 is 0 Å². The Morgan fingerprint density at radius 3 is 3.10 bits per heavy atom. The summed E-state index contributed by atoms with van der Waals surface area (Å²) in [6.07, 6.45) is 3.77. The van der Waals surface area contributed by atoms with Gasteiger partial charge in [0.1, 0.15) is 5.82 Å². The average molecular weight is 308 g/mol. The van der Waals surface area contributed by atoms with E-state index in [0.717, 1.165) is 12.5 Å². The van der Waals surface area contributed by atoms with Crippen molar-refractivity contribution in [3.05, 3.63) is 34.9 Å². The second-order valence-corrected chi connectivity index (χ2v) is 6.23. The number of nitrogens with one attached hydrogen (secondary N) is 1. The molecule has 4 nitrogen and oxygen atoms in total. The molecular weight excluding hydrogens is 293 g/mol. The lowest BCUT2D eigenvalue weighted by Crippen LogP contribution is -2.18. The first kappa shape index (κ1) is 13.2. The van der Waals surface area contributed by atoms with Gasteiger partial charge in [-0.3, -0.25) is 0 Å². The minimum Gasteiger partial charge on any atom is -0.337 e. The maximum Gasteiger partial charge on any atom is 0.244 e. The van der Waals surface area contributed by atoms with Crippen molar-refractivity contribution < 1.29 is 8.91 Å². The molecule has 4 rings (SSSR count). The highest BCUT2D eigenvalue weighted by Crippen LogP contribution is 2.44. The fraction of sp³-hybridized carbons (Fsp3) is 0.467. The number of nitrogens with zero attached hydrogens (tertiary/aromatic N) is 2. The van der Waals surface area contributed by atoms with Gasteiger partial charge in [-0.2, -0.15) is 4.98 Å². The zero-order valence-electron chi connectivity index (χ0n) is 11.4. The molecule has 2 aromatic rings. The quantitative estimate of drug-likeness (QED) is 0.921. The molecule has 1 saturated carbocycles. The minimum absolute atomic E-state index is 0.0636. The van der Waals surface area contributed by atoms with E-state index < -0.39 is 5.82 Å². The molecule has 0 bridgehead atoms. The van der Waals surface area contributed by atoms with E-state index in [-0.39, 0.29) is 11.1 Å². The summed E-state index contributed by atoms with van der Waals surface area (Å²) >= 11 is 5.80. The molecule has 1 aromatic carbocycles. The van der Waals surface area contributed by atoms with Gasteiger partial charge in [0.25, 0.3) is 0 Å². The number of hydrogen-bond acceptors (Lipinski definition) is 4. The van der Waals surface area contributed by atoms with Gasteiger partial charge < -0.3 is 9.84 Å². The van der Waals surface area contributed by atoms with Crippen molar-refractivity contribution in [2.24, 2.45) is 11.8 Å². The number of hydrogen-bond donors (Lipinski definition) is 1. The Morgan fingerprint density at radius 2 is 2.24 bits per heavy atom. The van der Waals surface area contributed by atoms with Crippen LogP contribution in [0.3, 0.4) is 0 Å². The summed E-state index contributed by atoms with van der Waals surface area (Å²) in [7, 11) is 0. The van der Waals surface area contributed by atoms with E-state index in [1.165, 1.54) is 31.4 Å². The number of rotatable bonds is 2. The summed E-state index contributed by atoms with van der Waals surface area (Å²) < 4.78 is 18.6. The molecule has 1 aromatic heterocycles. The molecule has 0 radical (unpaired) electrons. The van der Waals surface area contributed by atoms with Gasteiger partial charge in [-0.1, -0.05) is 23.2 Å². The van der Waals surface area contributed by atoms with Crippen LogP contribution in [0.25, 0.3) is 11.4 Å². The average Bonchev–Trinajstić information content (AvgIpc) is 3.16. The summed E-state index contributed by atoms with van der Waals surface area (Å²) in [5, 5.41) is 7.55. The smallest absolute Gasteiger partial charge is 0.244 e. The van der Waals surface area contributed by atoms with Crippen molar-refractivity contribution >= 4 is 11.6 Å². The standard InChI is InChI=1S/C15H15ClFN3O/c16-11-6-8(4-5-12(11)17)14-19-15(21-20-14)13-10-3-1-2-9(10)7-18-13/h4-6,9-10,13,18H,1-3,7H2. The third kappa shape index (κ3) is 2.24. The highest BCUT2D eigenvalue weighted by atomic mass is 35.5. The molecule has 1 N–H and O–H groups in total. The first-order valence-electron chi connectivity index (χ1n) is 7.25. The third-order valence-electron chi connectivity index (χ3n) is 4.63. The SMILES string of the molecule is Fc1ccc(-c2noc(C3NCC4CCCC43)n2)cc1Cl. The lowest BCUT2D eigenvalue weighted by molar-refractivity contribution is 0.302. The summed E-state index contributed by atoms with van der Waals surface area (Å²) in [5.74, 6) is 1.95. The first-order chi connectivity index (χ1) is 10.2. The predicted molar refractivity (Wildman–Crippen MR) is 76.3 cm³/mol. The van der Waals surface area contributed by atoms with Crippen molar-refractivity contribution in [1.82, 2.24) is 15.5 Å². The Hall–Kier alpha value is -1.46. The Bertz CT molecular complexity index is 675. The van der Waals surface area contributed by atoms with Crippen LogP contribution in [0.5, 0.6) is 0 Å². The highest BCUT2D eigenvalue weighted by molar-refractivity contribution is 6.31. The van der Waals surface area contributed by atoms with Crippen molar-refractivity contribution in [1.29, 1.82) is 0 Å². The van der Waals surface area contributed by atoms with Crippen LogP contribution in [-0.4, -0.2) is 16.7 Å². The van der Waals surface area contributed by atoms with Gasteiger partial charge in [-0.05, 0) is 49.4 Å². The second-order valence-electron chi connectivity index (χ2n) is 5.83. The minimum atomic E-state index is -0.449. The molecule has 2 aliphatic rings. The highest BCUT2D eigenvalue weighted by Gasteiger charge is 2.42.